The van der Waals surface area contributed by atoms with Crippen molar-refractivity contribution < 1.29 is 34.0 Å². The van der Waals surface area contributed by atoms with Crippen LogP contribution in [0.15, 0.2) is 12.2 Å². The van der Waals surface area contributed by atoms with Gasteiger partial charge in [0.15, 0.2) is 0 Å². The predicted octanol–water partition coefficient (Wildman–Crippen LogP) is 3.57. The molecule has 0 bridgehead atoms. The zero-order chi connectivity index (χ0) is 20.7. The van der Waals surface area contributed by atoms with Crippen LogP contribution in [0.5, 0.6) is 0 Å². The summed E-state index contributed by atoms with van der Waals surface area (Å²) < 4.78 is 20.0. The molecule has 2 aliphatic rings. The van der Waals surface area contributed by atoms with Gasteiger partial charge in [-0.05, 0) is 43.9 Å². The topological polar surface area (TPSA) is 104 Å². The van der Waals surface area contributed by atoms with E-state index in [-0.39, 0.29) is 30.5 Å². The first-order valence-corrected chi connectivity index (χ1v) is 10.4. The van der Waals surface area contributed by atoms with Crippen LogP contribution in [0.25, 0.3) is 0 Å². The molecule has 6 nitrogen and oxygen atoms in total. The summed E-state index contributed by atoms with van der Waals surface area (Å²) in [7, 11) is 0. The van der Waals surface area contributed by atoms with Crippen molar-refractivity contribution in [1.29, 1.82) is 0 Å². The van der Waals surface area contributed by atoms with Gasteiger partial charge in [0.2, 0.25) is 0 Å². The Kier molecular flexibility index (Phi) is 8.89. The Morgan fingerprint density at radius 1 is 1.21 bits per heavy atom. The molecule has 1 heterocycles. The molecule has 0 aromatic heterocycles. The number of ether oxygens (including phenoxy) is 1. The first-order chi connectivity index (χ1) is 13.3. The van der Waals surface area contributed by atoms with Gasteiger partial charge in [-0.3, -0.25) is 9.59 Å². The van der Waals surface area contributed by atoms with Gasteiger partial charge >= 0.3 is 11.9 Å². The average Bonchev–Trinajstić information content (AvgIpc) is 3.18. The maximum absolute atomic E-state index is 14.0. The number of allylic oxidation sites excluding steroid dienone is 1. The van der Waals surface area contributed by atoms with E-state index in [0.29, 0.717) is 25.7 Å². The lowest BCUT2D eigenvalue weighted by atomic mass is 9.85. The lowest BCUT2D eigenvalue weighted by Gasteiger charge is -2.19. The number of halogens is 1. The molecule has 0 spiro atoms. The van der Waals surface area contributed by atoms with Gasteiger partial charge in [-0.1, -0.05) is 38.3 Å². The van der Waals surface area contributed by atoms with Crippen molar-refractivity contribution in [3.63, 3.8) is 0 Å². The zero-order valence-corrected chi connectivity index (χ0v) is 16.5. The quantitative estimate of drug-likeness (QED) is 0.342. The molecule has 0 aromatic rings. The number of aliphatic hydroxyl groups is 1. The van der Waals surface area contributed by atoms with Crippen molar-refractivity contribution in [3.05, 3.63) is 12.2 Å². The maximum Gasteiger partial charge on any atom is 0.307 e. The third kappa shape index (κ3) is 6.27. The summed E-state index contributed by atoms with van der Waals surface area (Å²) >= 11 is 0. The second-order valence-corrected chi connectivity index (χ2v) is 8.13. The largest absolute Gasteiger partial charge is 0.481 e. The number of rotatable bonds is 12. The molecule has 7 atom stereocenters. The van der Waals surface area contributed by atoms with Crippen LogP contribution in [-0.4, -0.2) is 51.7 Å². The van der Waals surface area contributed by atoms with Crippen LogP contribution in [0.2, 0.25) is 0 Å². The zero-order valence-electron chi connectivity index (χ0n) is 16.5. The van der Waals surface area contributed by atoms with Crippen LogP contribution >= 0.6 is 0 Å². The number of hydrogen-bond donors (Lipinski definition) is 3. The Hall–Kier alpha value is -1.47. The van der Waals surface area contributed by atoms with Gasteiger partial charge in [0, 0.05) is 6.42 Å². The Bertz CT molecular complexity index is 551. The minimum Gasteiger partial charge on any atom is -0.481 e. The highest BCUT2D eigenvalue weighted by Gasteiger charge is 2.50. The van der Waals surface area contributed by atoms with Crippen LogP contribution in [0.1, 0.15) is 64.7 Å². The molecule has 3 N–H and O–H groups in total. The average molecular weight is 400 g/mol. The van der Waals surface area contributed by atoms with Crippen molar-refractivity contribution in [1.82, 2.24) is 0 Å². The van der Waals surface area contributed by atoms with Gasteiger partial charge in [0.05, 0.1) is 18.1 Å². The lowest BCUT2D eigenvalue weighted by Crippen LogP contribution is -2.24. The maximum atomic E-state index is 14.0. The number of fused-ring (bicyclic) bond motifs is 1. The fraction of sp³-hybridized carbons (Fsp3) is 0.810. The molecule has 1 aliphatic carbocycles. The summed E-state index contributed by atoms with van der Waals surface area (Å²) in [6.45, 7) is 1.96. The summed E-state index contributed by atoms with van der Waals surface area (Å²) in [6, 6.07) is 0. The SMILES string of the molecule is CCCC[C@@H](F)[C@H](O)/C=C/[C@@H]1[C@H]2C[C@H](CCCCC(=O)O)O[C@H]2C[C@H]1C(=O)O. The van der Waals surface area contributed by atoms with E-state index in [0.717, 1.165) is 25.7 Å². The van der Waals surface area contributed by atoms with Gasteiger partial charge in [-0.25, -0.2) is 4.39 Å². The van der Waals surface area contributed by atoms with Crippen LogP contribution in [-0.2, 0) is 14.3 Å². The van der Waals surface area contributed by atoms with E-state index < -0.39 is 30.1 Å². The van der Waals surface area contributed by atoms with Gasteiger partial charge in [-0.15, -0.1) is 0 Å². The van der Waals surface area contributed by atoms with Crippen LogP contribution < -0.4 is 0 Å². The number of unbranched alkanes of at least 4 members (excludes halogenated alkanes) is 2. The number of carbonyl (C=O) groups is 2. The molecule has 0 amide bonds. The minimum atomic E-state index is -1.33. The second kappa shape index (κ2) is 10.9. The Morgan fingerprint density at radius 2 is 1.96 bits per heavy atom. The monoisotopic (exact) mass is 400 g/mol. The molecule has 1 saturated carbocycles. The van der Waals surface area contributed by atoms with E-state index in [4.69, 9.17) is 9.84 Å². The smallest absolute Gasteiger partial charge is 0.307 e. The summed E-state index contributed by atoms with van der Waals surface area (Å²) in [4.78, 5) is 22.2. The fourth-order valence-corrected chi connectivity index (χ4v) is 4.51. The highest BCUT2D eigenvalue weighted by atomic mass is 19.1. The highest BCUT2D eigenvalue weighted by Crippen LogP contribution is 2.48. The normalized spacial score (nSPS) is 31.8. The lowest BCUT2D eigenvalue weighted by molar-refractivity contribution is -0.143. The number of hydrogen-bond acceptors (Lipinski definition) is 4. The van der Waals surface area contributed by atoms with E-state index in [1.54, 1.807) is 6.08 Å². The molecule has 1 saturated heterocycles. The van der Waals surface area contributed by atoms with Crippen molar-refractivity contribution in [2.24, 2.45) is 17.8 Å². The van der Waals surface area contributed by atoms with Crippen LogP contribution in [0, 0.1) is 17.8 Å². The first-order valence-electron chi connectivity index (χ1n) is 10.4. The Morgan fingerprint density at radius 3 is 2.61 bits per heavy atom. The molecule has 0 radical (unpaired) electrons. The Labute approximate surface area is 165 Å². The third-order valence-corrected chi connectivity index (χ3v) is 6.04. The summed E-state index contributed by atoms with van der Waals surface area (Å²) in [5.74, 6) is -2.51. The fourth-order valence-electron chi connectivity index (χ4n) is 4.51. The molecule has 28 heavy (non-hydrogen) atoms. The van der Waals surface area contributed by atoms with Crippen LogP contribution in [0.3, 0.4) is 0 Å². The third-order valence-electron chi connectivity index (χ3n) is 6.04. The van der Waals surface area contributed by atoms with Gasteiger partial charge in [-0.2, -0.15) is 0 Å². The van der Waals surface area contributed by atoms with E-state index in [9.17, 15) is 24.2 Å². The summed E-state index contributed by atoms with van der Waals surface area (Å²) in [5, 5.41) is 28.3. The molecule has 0 aromatic carbocycles. The van der Waals surface area contributed by atoms with Gasteiger partial charge in [0.25, 0.3) is 0 Å². The van der Waals surface area contributed by atoms with E-state index in [2.05, 4.69) is 0 Å². The van der Waals surface area contributed by atoms with E-state index in [1.807, 2.05) is 6.92 Å². The molecule has 2 fully saturated rings. The second-order valence-electron chi connectivity index (χ2n) is 8.13. The van der Waals surface area contributed by atoms with E-state index in [1.165, 1.54) is 6.08 Å². The number of alkyl halides is 1. The number of aliphatic carboxylic acids is 2. The molecule has 7 heteroatoms. The molecule has 160 valence electrons. The van der Waals surface area contributed by atoms with Gasteiger partial charge < -0.3 is 20.1 Å². The summed E-state index contributed by atoms with van der Waals surface area (Å²) in [5.41, 5.74) is 0. The van der Waals surface area contributed by atoms with Crippen molar-refractivity contribution in [2.45, 2.75) is 89.2 Å². The molecular formula is C21H33FO6. The Balaban J connectivity index is 1.92. The van der Waals surface area contributed by atoms with Crippen LogP contribution in [0.4, 0.5) is 4.39 Å². The molecular weight excluding hydrogens is 367 g/mol. The molecule has 0 unspecified atom stereocenters. The van der Waals surface area contributed by atoms with Crippen molar-refractivity contribution in [2.75, 3.05) is 0 Å². The number of aliphatic hydroxyl groups excluding tert-OH is 1. The highest BCUT2D eigenvalue weighted by molar-refractivity contribution is 5.71. The van der Waals surface area contributed by atoms with Gasteiger partial charge in [0.1, 0.15) is 12.3 Å². The molecule has 2 rings (SSSR count). The number of carboxylic acids is 2. The minimum absolute atomic E-state index is 0.0119. The first kappa shape index (κ1) is 22.8. The standard InChI is InChI=1S/C21H33FO6/c1-2-3-7-17(22)18(23)10-9-14-15-11-13(6-4-5-8-20(24)25)28-19(15)12-16(14)21(26)27/h9-10,13-19,23H,2-8,11-12H2,1H3,(H,24,25)(H,26,27)/b10-9+/t13-,14+,15+,16+,17+,18+,19-/m0/s1. The summed E-state index contributed by atoms with van der Waals surface area (Å²) in [6.07, 6.45) is 5.70. The van der Waals surface area contributed by atoms with Crippen molar-refractivity contribution >= 4 is 11.9 Å². The van der Waals surface area contributed by atoms with Crippen molar-refractivity contribution in [3.8, 4) is 0 Å². The molecule has 1 aliphatic heterocycles. The number of carboxylic acid groups (broad SMARTS) is 2. The van der Waals surface area contributed by atoms with E-state index >= 15 is 0 Å². The predicted molar refractivity (Wildman–Crippen MR) is 102 cm³/mol.